The number of nitrogens with two attached hydrogens (primary N) is 1. The van der Waals surface area contributed by atoms with Crippen molar-refractivity contribution in [3.8, 4) is 0 Å². The highest BCUT2D eigenvalue weighted by Gasteiger charge is 2.36. The Morgan fingerprint density at radius 2 is 1.67 bits per heavy atom. The van der Waals surface area contributed by atoms with Crippen LogP contribution in [0.4, 0.5) is 0 Å². The van der Waals surface area contributed by atoms with Crippen molar-refractivity contribution in [3.05, 3.63) is 0 Å². The van der Waals surface area contributed by atoms with Crippen molar-refractivity contribution in [2.45, 2.75) is 84.1 Å². The zero-order valence-electron chi connectivity index (χ0n) is 10.7. The van der Waals surface area contributed by atoms with E-state index in [-0.39, 0.29) is 0 Å². The summed E-state index contributed by atoms with van der Waals surface area (Å²) in [6.07, 6.45) is 13.6. The SMILES string of the molecule is CCCCC1(CCCC)CCCCC1N. The van der Waals surface area contributed by atoms with Crippen molar-refractivity contribution < 1.29 is 0 Å². The van der Waals surface area contributed by atoms with Gasteiger partial charge in [-0.2, -0.15) is 0 Å². The molecule has 1 rings (SSSR count). The third-order valence-electron chi connectivity index (χ3n) is 4.28. The molecule has 0 aromatic carbocycles. The van der Waals surface area contributed by atoms with E-state index in [2.05, 4.69) is 13.8 Å². The van der Waals surface area contributed by atoms with Crippen LogP contribution in [-0.4, -0.2) is 6.04 Å². The fourth-order valence-corrected chi connectivity index (χ4v) is 3.14. The molecule has 0 aromatic rings. The van der Waals surface area contributed by atoms with Crippen LogP contribution in [-0.2, 0) is 0 Å². The van der Waals surface area contributed by atoms with Crippen LogP contribution in [0.2, 0.25) is 0 Å². The molecule has 15 heavy (non-hydrogen) atoms. The first-order chi connectivity index (χ1) is 7.25. The maximum absolute atomic E-state index is 6.40. The Kier molecular flexibility index (Phi) is 5.66. The molecule has 0 amide bonds. The van der Waals surface area contributed by atoms with Crippen LogP contribution in [0.15, 0.2) is 0 Å². The van der Waals surface area contributed by atoms with Gasteiger partial charge in [-0.25, -0.2) is 0 Å². The normalized spacial score (nSPS) is 25.4. The van der Waals surface area contributed by atoms with E-state index in [1.807, 2.05) is 0 Å². The molecule has 0 aliphatic heterocycles. The van der Waals surface area contributed by atoms with Gasteiger partial charge in [0, 0.05) is 6.04 Å². The Hall–Kier alpha value is -0.0400. The molecule has 1 heteroatoms. The number of unbranched alkanes of at least 4 members (excludes halogenated alkanes) is 2. The Morgan fingerprint density at radius 3 is 2.13 bits per heavy atom. The first-order valence-electron chi connectivity index (χ1n) is 7.01. The summed E-state index contributed by atoms with van der Waals surface area (Å²) in [5, 5.41) is 0. The fourth-order valence-electron chi connectivity index (χ4n) is 3.14. The summed E-state index contributed by atoms with van der Waals surface area (Å²) in [6.45, 7) is 4.59. The molecule has 1 aliphatic carbocycles. The van der Waals surface area contributed by atoms with E-state index in [0.717, 1.165) is 0 Å². The van der Waals surface area contributed by atoms with E-state index in [4.69, 9.17) is 5.73 Å². The van der Waals surface area contributed by atoms with Gasteiger partial charge in [-0.3, -0.25) is 0 Å². The van der Waals surface area contributed by atoms with Crippen LogP contribution in [0.1, 0.15) is 78.1 Å². The van der Waals surface area contributed by atoms with Gasteiger partial charge in [0.15, 0.2) is 0 Å². The summed E-state index contributed by atoms with van der Waals surface area (Å²) in [6, 6.07) is 0.490. The Labute approximate surface area is 95.8 Å². The van der Waals surface area contributed by atoms with Crippen LogP contribution in [0.3, 0.4) is 0 Å². The van der Waals surface area contributed by atoms with Crippen LogP contribution in [0, 0.1) is 5.41 Å². The summed E-state index contributed by atoms with van der Waals surface area (Å²) < 4.78 is 0. The molecule has 0 bridgehead atoms. The molecule has 1 nitrogen and oxygen atoms in total. The molecule has 0 aromatic heterocycles. The number of rotatable bonds is 6. The van der Waals surface area contributed by atoms with Gasteiger partial charge >= 0.3 is 0 Å². The number of hydrogen-bond acceptors (Lipinski definition) is 1. The van der Waals surface area contributed by atoms with Crippen molar-refractivity contribution in [2.24, 2.45) is 11.1 Å². The first-order valence-corrected chi connectivity index (χ1v) is 7.01. The molecule has 1 fully saturated rings. The second-order valence-electron chi connectivity index (χ2n) is 5.42. The fraction of sp³-hybridized carbons (Fsp3) is 1.00. The number of hydrogen-bond donors (Lipinski definition) is 1. The van der Waals surface area contributed by atoms with Crippen LogP contribution < -0.4 is 5.73 Å². The molecule has 1 unspecified atom stereocenters. The molecule has 0 saturated heterocycles. The topological polar surface area (TPSA) is 26.0 Å². The van der Waals surface area contributed by atoms with Crippen molar-refractivity contribution in [3.63, 3.8) is 0 Å². The van der Waals surface area contributed by atoms with Crippen molar-refractivity contribution in [2.75, 3.05) is 0 Å². The van der Waals surface area contributed by atoms with E-state index in [9.17, 15) is 0 Å². The minimum absolute atomic E-state index is 0.490. The second kappa shape index (κ2) is 6.52. The van der Waals surface area contributed by atoms with Crippen molar-refractivity contribution >= 4 is 0 Å². The molecule has 1 aliphatic rings. The minimum Gasteiger partial charge on any atom is -0.327 e. The van der Waals surface area contributed by atoms with Gasteiger partial charge in [0.2, 0.25) is 0 Å². The van der Waals surface area contributed by atoms with Crippen LogP contribution in [0.5, 0.6) is 0 Å². The van der Waals surface area contributed by atoms with Crippen LogP contribution in [0.25, 0.3) is 0 Å². The standard InChI is InChI=1S/C14H29N/c1-3-5-10-14(11-6-4-2)12-8-7-9-13(14)15/h13H,3-12,15H2,1-2H3. The highest BCUT2D eigenvalue weighted by atomic mass is 14.7. The van der Waals surface area contributed by atoms with E-state index >= 15 is 0 Å². The third kappa shape index (κ3) is 3.48. The van der Waals surface area contributed by atoms with E-state index in [0.29, 0.717) is 11.5 Å². The average Bonchev–Trinajstić information content (AvgIpc) is 2.27. The van der Waals surface area contributed by atoms with Gasteiger partial charge < -0.3 is 5.73 Å². The van der Waals surface area contributed by atoms with Gasteiger partial charge in [-0.15, -0.1) is 0 Å². The largest absolute Gasteiger partial charge is 0.327 e. The lowest BCUT2D eigenvalue weighted by atomic mass is 9.65. The van der Waals surface area contributed by atoms with Gasteiger partial charge in [0.25, 0.3) is 0 Å². The minimum atomic E-state index is 0.490. The molecule has 0 spiro atoms. The Balaban J connectivity index is 2.55. The molecular weight excluding hydrogens is 182 g/mol. The van der Waals surface area contributed by atoms with E-state index in [1.54, 1.807) is 0 Å². The molecule has 1 atom stereocenters. The first kappa shape index (κ1) is 13.0. The quantitative estimate of drug-likeness (QED) is 0.698. The van der Waals surface area contributed by atoms with E-state index < -0.39 is 0 Å². The maximum Gasteiger partial charge on any atom is 0.00955 e. The maximum atomic E-state index is 6.40. The van der Waals surface area contributed by atoms with E-state index in [1.165, 1.54) is 64.2 Å². The van der Waals surface area contributed by atoms with Gasteiger partial charge in [-0.1, -0.05) is 52.4 Å². The van der Waals surface area contributed by atoms with Gasteiger partial charge in [0.05, 0.1) is 0 Å². The Bertz CT molecular complexity index is 157. The third-order valence-corrected chi connectivity index (χ3v) is 4.28. The summed E-state index contributed by atoms with van der Waals surface area (Å²) in [5.41, 5.74) is 6.91. The average molecular weight is 211 g/mol. The monoisotopic (exact) mass is 211 g/mol. The summed E-state index contributed by atoms with van der Waals surface area (Å²) in [7, 11) is 0. The molecular formula is C14H29N. The van der Waals surface area contributed by atoms with Crippen molar-refractivity contribution in [1.29, 1.82) is 0 Å². The predicted molar refractivity (Wildman–Crippen MR) is 67.9 cm³/mol. The van der Waals surface area contributed by atoms with Crippen molar-refractivity contribution in [1.82, 2.24) is 0 Å². The lowest BCUT2D eigenvalue weighted by molar-refractivity contribution is 0.117. The highest BCUT2D eigenvalue weighted by molar-refractivity contribution is 4.92. The highest BCUT2D eigenvalue weighted by Crippen LogP contribution is 2.43. The molecule has 0 radical (unpaired) electrons. The zero-order chi connectivity index (χ0) is 11.1. The molecule has 2 N–H and O–H groups in total. The summed E-state index contributed by atoms with van der Waals surface area (Å²) >= 11 is 0. The van der Waals surface area contributed by atoms with Crippen LogP contribution >= 0.6 is 0 Å². The lowest BCUT2D eigenvalue weighted by Gasteiger charge is -2.43. The second-order valence-corrected chi connectivity index (χ2v) is 5.42. The summed E-state index contributed by atoms with van der Waals surface area (Å²) in [5.74, 6) is 0. The zero-order valence-corrected chi connectivity index (χ0v) is 10.7. The summed E-state index contributed by atoms with van der Waals surface area (Å²) in [4.78, 5) is 0. The lowest BCUT2D eigenvalue weighted by Crippen LogP contribution is -2.44. The molecule has 0 heterocycles. The molecule has 90 valence electrons. The van der Waals surface area contributed by atoms with Gasteiger partial charge in [-0.05, 0) is 31.1 Å². The Morgan fingerprint density at radius 1 is 1.07 bits per heavy atom. The molecule has 1 saturated carbocycles. The van der Waals surface area contributed by atoms with Gasteiger partial charge in [0.1, 0.15) is 0 Å². The predicted octanol–water partition coefficient (Wildman–Crippen LogP) is 4.25. The smallest absolute Gasteiger partial charge is 0.00955 e.